The quantitative estimate of drug-likeness (QED) is 0.537. The van der Waals surface area contributed by atoms with Gasteiger partial charge in [-0.05, 0) is 33.6 Å². The van der Waals surface area contributed by atoms with Crippen LogP contribution < -0.4 is 0 Å². The Morgan fingerprint density at radius 2 is 2.00 bits per heavy atom. The molecule has 5 nitrogen and oxygen atoms in total. The highest BCUT2D eigenvalue weighted by atomic mass is 32.2. The fourth-order valence-electron chi connectivity index (χ4n) is 1.71. The molecular weight excluding hydrogens is 228 g/mol. The van der Waals surface area contributed by atoms with Crippen LogP contribution in [0.4, 0.5) is 0 Å². The molecule has 1 aliphatic heterocycles. The first-order chi connectivity index (χ1) is 7.29. The lowest BCUT2D eigenvalue weighted by Gasteiger charge is -2.34. The van der Waals surface area contributed by atoms with E-state index in [0.717, 1.165) is 12.8 Å². The average molecular weight is 246 g/mol. The second-order valence-electron chi connectivity index (χ2n) is 4.99. The van der Waals surface area contributed by atoms with Crippen LogP contribution in [0, 0.1) is 0 Å². The Balaban J connectivity index is 2.86. The molecule has 92 valence electrons. The third kappa shape index (κ3) is 2.70. The first kappa shape index (κ1) is 13.4. The lowest BCUT2D eigenvalue weighted by atomic mass is 10.1. The molecule has 1 heterocycles. The Kier molecular flexibility index (Phi) is 3.88. The lowest BCUT2D eigenvalue weighted by molar-refractivity contribution is 0.309. The molecule has 0 aromatic heterocycles. The van der Waals surface area contributed by atoms with Crippen LogP contribution in [0.25, 0.3) is 0 Å². The van der Waals surface area contributed by atoms with Gasteiger partial charge in [-0.3, -0.25) is 0 Å². The maximum absolute atomic E-state index is 12.1. The summed E-state index contributed by atoms with van der Waals surface area (Å²) in [6.45, 7) is 5.85. The first-order valence-electron chi connectivity index (χ1n) is 5.35. The van der Waals surface area contributed by atoms with Gasteiger partial charge in [0.1, 0.15) is 0 Å². The first-order valence-corrected chi connectivity index (χ1v) is 6.79. The zero-order valence-electron chi connectivity index (χ0n) is 9.93. The van der Waals surface area contributed by atoms with Crippen molar-refractivity contribution in [2.24, 2.45) is 4.99 Å². The number of isocyanates is 1. The number of piperidine rings is 1. The number of carbonyl (C=O) groups excluding carboxylic acids is 1. The predicted octanol–water partition coefficient (Wildman–Crippen LogP) is 0.915. The van der Waals surface area contributed by atoms with E-state index in [9.17, 15) is 13.2 Å². The van der Waals surface area contributed by atoms with E-state index in [4.69, 9.17) is 0 Å². The zero-order chi connectivity index (χ0) is 12.4. The number of sulfonamides is 1. The SMILES string of the molecule is CC(C)(C)S(=O)(=O)N1CCCC(N=C=O)C1. The van der Waals surface area contributed by atoms with E-state index in [1.165, 1.54) is 10.4 Å². The monoisotopic (exact) mass is 246 g/mol. The molecule has 6 heteroatoms. The Labute approximate surface area is 96.6 Å². The Morgan fingerprint density at radius 3 is 2.50 bits per heavy atom. The molecule has 1 saturated heterocycles. The van der Waals surface area contributed by atoms with Gasteiger partial charge in [-0.1, -0.05) is 0 Å². The summed E-state index contributed by atoms with van der Waals surface area (Å²) in [4.78, 5) is 13.8. The molecule has 1 atom stereocenters. The molecule has 1 fully saturated rings. The van der Waals surface area contributed by atoms with E-state index in [-0.39, 0.29) is 6.04 Å². The maximum atomic E-state index is 12.1. The van der Waals surface area contributed by atoms with Gasteiger partial charge in [0, 0.05) is 13.1 Å². The second-order valence-corrected chi connectivity index (χ2v) is 7.68. The van der Waals surface area contributed by atoms with Crippen LogP contribution in [-0.2, 0) is 14.8 Å². The maximum Gasteiger partial charge on any atom is 0.235 e. The minimum absolute atomic E-state index is 0.233. The van der Waals surface area contributed by atoms with Gasteiger partial charge in [0.25, 0.3) is 0 Å². The molecule has 0 amide bonds. The van der Waals surface area contributed by atoms with E-state index < -0.39 is 14.8 Å². The van der Waals surface area contributed by atoms with E-state index in [1.54, 1.807) is 20.8 Å². The molecule has 0 aromatic rings. The Bertz CT molecular complexity index is 391. The third-order valence-corrected chi connectivity index (χ3v) is 5.27. The van der Waals surface area contributed by atoms with Gasteiger partial charge in [-0.25, -0.2) is 18.2 Å². The predicted molar refractivity (Wildman–Crippen MR) is 61.4 cm³/mol. The van der Waals surface area contributed by atoms with Gasteiger partial charge in [-0.15, -0.1) is 0 Å². The van der Waals surface area contributed by atoms with Crippen molar-refractivity contribution in [2.75, 3.05) is 13.1 Å². The Hall–Kier alpha value is -0.710. The van der Waals surface area contributed by atoms with E-state index in [2.05, 4.69) is 4.99 Å². The van der Waals surface area contributed by atoms with E-state index in [1.807, 2.05) is 0 Å². The summed E-state index contributed by atoms with van der Waals surface area (Å²) >= 11 is 0. The molecular formula is C10H18N2O3S. The second kappa shape index (κ2) is 4.65. The topological polar surface area (TPSA) is 66.8 Å². The molecule has 0 aromatic carbocycles. The summed E-state index contributed by atoms with van der Waals surface area (Å²) in [7, 11) is -3.31. The third-order valence-electron chi connectivity index (χ3n) is 2.71. The van der Waals surface area contributed by atoms with Gasteiger partial charge >= 0.3 is 0 Å². The summed E-state index contributed by atoms with van der Waals surface area (Å²) in [5.74, 6) is 0. The summed E-state index contributed by atoms with van der Waals surface area (Å²) < 4.78 is 24.9. The van der Waals surface area contributed by atoms with E-state index >= 15 is 0 Å². The lowest BCUT2D eigenvalue weighted by Crippen LogP contribution is -2.48. The van der Waals surface area contributed by atoms with Crippen LogP contribution >= 0.6 is 0 Å². The summed E-state index contributed by atoms with van der Waals surface area (Å²) in [6, 6.07) is -0.233. The van der Waals surface area contributed by atoms with Gasteiger partial charge in [0.15, 0.2) is 0 Å². The molecule has 1 unspecified atom stereocenters. The highest BCUT2D eigenvalue weighted by Gasteiger charge is 2.37. The fourth-order valence-corrected chi connectivity index (χ4v) is 3.22. The molecule has 16 heavy (non-hydrogen) atoms. The molecule has 0 spiro atoms. The zero-order valence-corrected chi connectivity index (χ0v) is 10.7. The fraction of sp³-hybridized carbons (Fsp3) is 0.900. The van der Waals surface area contributed by atoms with Crippen molar-refractivity contribution in [1.29, 1.82) is 0 Å². The standard InChI is InChI=1S/C10H18N2O3S/c1-10(2,3)16(14,15)12-6-4-5-9(7-12)11-8-13/h9H,4-7H2,1-3H3. The van der Waals surface area contributed by atoms with Gasteiger partial charge in [0.05, 0.1) is 10.8 Å². The molecule has 0 radical (unpaired) electrons. The van der Waals surface area contributed by atoms with Crippen molar-refractivity contribution in [2.45, 2.75) is 44.4 Å². The summed E-state index contributed by atoms with van der Waals surface area (Å²) in [5.41, 5.74) is 0. The summed E-state index contributed by atoms with van der Waals surface area (Å²) in [6.07, 6.45) is 3.00. The van der Waals surface area contributed by atoms with Crippen molar-refractivity contribution in [3.8, 4) is 0 Å². The van der Waals surface area contributed by atoms with Crippen LogP contribution in [0.15, 0.2) is 4.99 Å². The number of hydrogen-bond acceptors (Lipinski definition) is 4. The largest absolute Gasteiger partial charge is 0.235 e. The Morgan fingerprint density at radius 1 is 1.38 bits per heavy atom. The van der Waals surface area contributed by atoms with Crippen molar-refractivity contribution in [3.05, 3.63) is 0 Å². The minimum Gasteiger partial charge on any atom is -0.212 e. The van der Waals surface area contributed by atoms with Gasteiger partial charge < -0.3 is 0 Å². The van der Waals surface area contributed by atoms with Crippen LogP contribution in [0.2, 0.25) is 0 Å². The minimum atomic E-state index is -3.31. The molecule has 1 aliphatic rings. The van der Waals surface area contributed by atoms with Gasteiger partial charge in [-0.2, -0.15) is 4.31 Å². The van der Waals surface area contributed by atoms with Crippen molar-refractivity contribution in [1.82, 2.24) is 4.31 Å². The van der Waals surface area contributed by atoms with Crippen LogP contribution in [0.1, 0.15) is 33.6 Å². The highest BCUT2D eigenvalue weighted by Crippen LogP contribution is 2.24. The van der Waals surface area contributed by atoms with Crippen molar-refractivity contribution in [3.63, 3.8) is 0 Å². The normalized spacial score (nSPS) is 23.8. The number of nitrogens with zero attached hydrogens (tertiary/aromatic N) is 2. The van der Waals surface area contributed by atoms with Crippen molar-refractivity contribution < 1.29 is 13.2 Å². The van der Waals surface area contributed by atoms with Crippen LogP contribution in [-0.4, -0.2) is 42.7 Å². The van der Waals surface area contributed by atoms with Gasteiger partial charge in [0.2, 0.25) is 16.1 Å². The van der Waals surface area contributed by atoms with E-state index in [0.29, 0.717) is 13.1 Å². The molecule has 0 bridgehead atoms. The summed E-state index contributed by atoms with van der Waals surface area (Å²) in [5, 5.41) is 0. The number of hydrogen-bond donors (Lipinski definition) is 0. The molecule has 0 aliphatic carbocycles. The number of aliphatic imine (C=N–C) groups is 1. The average Bonchev–Trinajstić information content (AvgIpc) is 2.17. The smallest absolute Gasteiger partial charge is 0.212 e. The molecule has 0 saturated carbocycles. The van der Waals surface area contributed by atoms with Crippen LogP contribution in [0.3, 0.4) is 0 Å². The van der Waals surface area contributed by atoms with Crippen LogP contribution in [0.5, 0.6) is 0 Å². The highest BCUT2D eigenvalue weighted by molar-refractivity contribution is 7.90. The number of rotatable bonds is 2. The molecule has 1 rings (SSSR count). The molecule has 0 N–H and O–H groups in total. The van der Waals surface area contributed by atoms with Crippen molar-refractivity contribution >= 4 is 16.1 Å².